The molecule has 1 heterocycles. The SMILES string of the molecule is COC(=O)NC12CC3CC(C1)C(NC(=O)c1cnn(C=CC(C)(C)NC(C)=O)c1OCC(C)C)C(C3)C2. The minimum atomic E-state index is -0.593. The quantitative estimate of drug-likeness (QED) is 0.464. The van der Waals surface area contributed by atoms with E-state index in [1.807, 2.05) is 33.8 Å². The van der Waals surface area contributed by atoms with Gasteiger partial charge >= 0.3 is 6.09 Å². The molecule has 2 unspecified atom stereocenters. The number of rotatable bonds is 9. The van der Waals surface area contributed by atoms with Crippen molar-refractivity contribution in [1.29, 1.82) is 0 Å². The molecule has 10 heteroatoms. The lowest BCUT2D eigenvalue weighted by molar-refractivity contribution is -0.120. The highest BCUT2D eigenvalue weighted by atomic mass is 16.5. The van der Waals surface area contributed by atoms with Crippen LogP contribution in [-0.4, -0.2) is 58.5 Å². The normalized spacial score (nSPS) is 28.4. The van der Waals surface area contributed by atoms with Crippen LogP contribution in [0.4, 0.5) is 4.79 Å². The number of nitrogens with one attached hydrogen (secondary N) is 3. The summed E-state index contributed by atoms with van der Waals surface area (Å²) in [6.45, 7) is 9.76. The number of carbonyl (C=O) groups excluding carboxylic acids is 3. The lowest BCUT2D eigenvalue weighted by Crippen LogP contribution is -2.66. The fraction of sp³-hybridized carbons (Fsp3) is 0.704. The van der Waals surface area contributed by atoms with Gasteiger partial charge in [-0.25, -0.2) is 9.48 Å². The van der Waals surface area contributed by atoms with Crippen molar-refractivity contribution in [2.75, 3.05) is 13.7 Å². The number of carbonyl (C=O) groups is 3. The van der Waals surface area contributed by atoms with Crippen LogP contribution >= 0.6 is 0 Å². The van der Waals surface area contributed by atoms with Gasteiger partial charge in [-0.3, -0.25) is 9.59 Å². The van der Waals surface area contributed by atoms with Crippen LogP contribution in [0.15, 0.2) is 12.3 Å². The number of hydrogen-bond donors (Lipinski definition) is 3. The Labute approximate surface area is 218 Å². The molecule has 1 aromatic rings. The van der Waals surface area contributed by atoms with Crippen molar-refractivity contribution < 1.29 is 23.9 Å². The molecule has 4 saturated carbocycles. The summed E-state index contributed by atoms with van der Waals surface area (Å²) < 4.78 is 12.5. The van der Waals surface area contributed by atoms with Gasteiger partial charge in [-0.15, -0.1) is 0 Å². The molecule has 4 fully saturated rings. The van der Waals surface area contributed by atoms with Crippen molar-refractivity contribution >= 4 is 24.1 Å². The van der Waals surface area contributed by atoms with E-state index in [-0.39, 0.29) is 35.4 Å². The smallest absolute Gasteiger partial charge is 0.407 e. The van der Waals surface area contributed by atoms with Gasteiger partial charge in [-0.05, 0) is 75.7 Å². The molecule has 4 aliphatic rings. The summed E-state index contributed by atoms with van der Waals surface area (Å²) in [4.78, 5) is 37.1. The lowest BCUT2D eigenvalue weighted by Gasteiger charge is -2.59. The van der Waals surface area contributed by atoms with Crippen molar-refractivity contribution in [3.8, 4) is 5.88 Å². The second-order valence-corrected chi connectivity index (χ2v) is 12.1. The number of methoxy groups -OCH3 is 1. The molecule has 10 nitrogen and oxygen atoms in total. The van der Waals surface area contributed by atoms with Crippen LogP contribution < -0.4 is 20.7 Å². The van der Waals surface area contributed by atoms with Crippen LogP contribution in [0.25, 0.3) is 6.20 Å². The number of alkyl carbamates (subject to hydrolysis) is 1. The molecule has 3 amide bonds. The van der Waals surface area contributed by atoms with Gasteiger partial charge in [-0.1, -0.05) is 13.8 Å². The molecule has 4 aliphatic carbocycles. The summed E-state index contributed by atoms with van der Waals surface area (Å²) in [7, 11) is 1.40. The molecule has 0 aliphatic heterocycles. The number of hydrogen-bond acceptors (Lipinski definition) is 6. The van der Waals surface area contributed by atoms with Gasteiger partial charge in [0.1, 0.15) is 5.56 Å². The summed E-state index contributed by atoms with van der Waals surface area (Å²) >= 11 is 0. The number of nitrogens with zero attached hydrogens (tertiary/aromatic N) is 2. The maximum atomic E-state index is 13.6. The van der Waals surface area contributed by atoms with Crippen LogP contribution in [0, 0.1) is 23.7 Å². The second-order valence-electron chi connectivity index (χ2n) is 12.1. The number of ether oxygens (including phenoxy) is 2. The highest BCUT2D eigenvalue weighted by molar-refractivity contribution is 5.96. The van der Waals surface area contributed by atoms with Gasteiger partial charge in [0.05, 0.1) is 25.5 Å². The topological polar surface area (TPSA) is 124 Å². The molecule has 4 bridgehead atoms. The zero-order chi connectivity index (χ0) is 27.0. The van der Waals surface area contributed by atoms with E-state index >= 15 is 0 Å². The summed E-state index contributed by atoms with van der Waals surface area (Å²) in [5, 5.41) is 13.7. The minimum Gasteiger partial charge on any atom is -0.477 e. The predicted octanol–water partition coefficient (Wildman–Crippen LogP) is 3.34. The standard InChI is InChI=1S/C27H41N5O5/c1-16(2)15-37-24-21(14-28-32(24)8-7-26(4,5)30-17(3)33)23(34)29-22-19-9-18-10-20(22)13-27(11-18,12-19)31-25(35)36-6/h7-8,14,16,18-20,22H,9-13,15H2,1-6H3,(H,29,34)(H,30,33)(H,31,35). The van der Waals surface area contributed by atoms with Gasteiger partial charge in [0.25, 0.3) is 5.91 Å². The fourth-order valence-corrected chi connectivity index (χ4v) is 6.66. The predicted molar refractivity (Wildman–Crippen MR) is 139 cm³/mol. The van der Waals surface area contributed by atoms with Crippen molar-refractivity contribution in [3.63, 3.8) is 0 Å². The minimum absolute atomic E-state index is 0.0483. The Morgan fingerprint density at radius 3 is 2.49 bits per heavy atom. The maximum absolute atomic E-state index is 13.6. The molecule has 0 radical (unpaired) electrons. The van der Waals surface area contributed by atoms with E-state index in [0.717, 1.165) is 32.1 Å². The van der Waals surface area contributed by atoms with Crippen LogP contribution in [0.3, 0.4) is 0 Å². The van der Waals surface area contributed by atoms with Crippen molar-refractivity contribution in [3.05, 3.63) is 17.8 Å². The van der Waals surface area contributed by atoms with E-state index in [2.05, 4.69) is 21.0 Å². The Morgan fingerprint density at radius 2 is 1.89 bits per heavy atom. The monoisotopic (exact) mass is 515 g/mol. The summed E-state index contributed by atoms with van der Waals surface area (Å²) in [6.07, 6.45) is 9.48. The first kappa shape index (κ1) is 27.0. The Bertz CT molecular complexity index is 1050. The summed E-state index contributed by atoms with van der Waals surface area (Å²) in [6, 6.07) is 0.0483. The summed E-state index contributed by atoms with van der Waals surface area (Å²) in [5.74, 6) is 1.49. The van der Waals surface area contributed by atoms with Crippen molar-refractivity contribution in [1.82, 2.24) is 25.7 Å². The van der Waals surface area contributed by atoms with Crippen LogP contribution in [0.5, 0.6) is 5.88 Å². The van der Waals surface area contributed by atoms with E-state index in [1.54, 1.807) is 10.9 Å². The molecule has 0 aromatic carbocycles. The first-order valence-corrected chi connectivity index (χ1v) is 13.3. The zero-order valence-electron chi connectivity index (χ0n) is 22.8. The van der Waals surface area contributed by atoms with Gasteiger partial charge in [0, 0.05) is 24.7 Å². The molecule has 5 rings (SSSR count). The highest BCUT2D eigenvalue weighted by Gasteiger charge is 2.56. The number of amides is 3. The average molecular weight is 516 g/mol. The average Bonchev–Trinajstić information content (AvgIpc) is 3.20. The van der Waals surface area contributed by atoms with Crippen molar-refractivity contribution in [2.24, 2.45) is 23.7 Å². The third-order valence-corrected chi connectivity index (χ3v) is 7.80. The summed E-state index contributed by atoms with van der Waals surface area (Å²) in [5.41, 5.74) is -0.435. The largest absolute Gasteiger partial charge is 0.477 e. The van der Waals surface area contributed by atoms with E-state index in [1.165, 1.54) is 20.2 Å². The van der Waals surface area contributed by atoms with Gasteiger partial charge in [0.2, 0.25) is 11.8 Å². The third kappa shape index (κ3) is 6.10. The van der Waals surface area contributed by atoms with E-state index < -0.39 is 5.54 Å². The van der Waals surface area contributed by atoms with Crippen LogP contribution in [0.2, 0.25) is 0 Å². The number of aromatic nitrogens is 2. The fourth-order valence-electron chi connectivity index (χ4n) is 6.66. The van der Waals surface area contributed by atoms with Crippen LogP contribution in [0.1, 0.15) is 77.1 Å². The molecule has 204 valence electrons. The Morgan fingerprint density at radius 1 is 1.22 bits per heavy atom. The molecule has 3 N–H and O–H groups in total. The Balaban J connectivity index is 1.51. The van der Waals surface area contributed by atoms with Crippen molar-refractivity contribution in [2.45, 2.75) is 83.8 Å². The van der Waals surface area contributed by atoms with Gasteiger partial charge in [0.15, 0.2) is 0 Å². The van der Waals surface area contributed by atoms with E-state index in [9.17, 15) is 14.4 Å². The first-order valence-electron chi connectivity index (χ1n) is 13.3. The zero-order valence-corrected chi connectivity index (χ0v) is 22.8. The molecule has 0 saturated heterocycles. The second kappa shape index (κ2) is 10.4. The molecule has 2 atom stereocenters. The van der Waals surface area contributed by atoms with Gasteiger partial charge in [-0.2, -0.15) is 5.10 Å². The lowest BCUT2D eigenvalue weighted by atomic mass is 9.51. The van der Waals surface area contributed by atoms with Gasteiger partial charge < -0.3 is 25.4 Å². The third-order valence-electron chi connectivity index (χ3n) is 7.80. The Hall–Kier alpha value is -3.04. The molecule has 37 heavy (non-hydrogen) atoms. The van der Waals surface area contributed by atoms with E-state index in [4.69, 9.17) is 9.47 Å². The Kier molecular flexibility index (Phi) is 7.57. The maximum Gasteiger partial charge on any atom is 0.407 e. The van der Waals surface area contributed by atoms with Crippen LogP contribution in [-0.2, 0) is 9.53 Å². The molecule has 0 spiro atoms. The molecule has 1 aromatic heterocycles. The highest BCUT2D eigenvalue weighted by Crippen LogP contribution is 2.55. The molecular weight excluding hydrogens is 474 g/mol. The van der Waals surface area contributed by atoms with E-state index in [0.29, 0.717) is 35.8 Å². The molecular formula is C27H41N5O5. The first-order chi connectivity index (χ1) is 17.4.